The monoisotopic (exact) mass is 511 g/mol. The van der Waals surface area contributed by atoms with E-state index in [9.17, 15) is 4.79 Å². The highest BCUT2D eigenvalue weighted by Gasteiger charge is 2.21. The lowest BCUT2D eigenvalue weighted by Gasteiger charge is -2.09. The zero-order chi connectivity index (χ0) is 25.7. The van der Waals surface area contributed by atoms with Crippen LogP contribution < -0.4 is 5.32 Å². The molecule has 0 saturated heterocycles. The van der Waals surface area contributed by atoms with Crippen molar-refractivity contribution in [1.82, 2.24) is 30.1 Å². The largest absolute Gasteiger partial charge is 0.337 e. The van der Waals surface area contributed by atoms with E-state index < -0.39 is 5.82 Å². The second-order valence-electron chi connectivity index (χ2n) is 9.09. The first-order valence-electron chi connectivity index (χ1n) is 11.7. The molecular weight excluding hydrogens is 489 g/mol. The zero-order valence-corrected chi connectivity index (χ0v) is 21.1. The highest BCUT2D eigenvalue weighted by atomic mass is 32.1. The molecule has 1 aromatic carbocycles. The number of hydrogen-bond donors (Lipinski definition) is 3. The van der Waals surface area contributed by atoms with Crippen LogP contribution in [0, 0.1) is 18.7 Å². The molecule has 10 heteroatoms. The summed E-state index contributed by atoms with van der Waals surface area (Å²) < 4.78 is 16.0. The van der Waals surface area contributed by atoms with Crippen LogP contribution in [0.2, 0.25) is 0 Å². The quantitative estimate of drug-likeness (QED) is 0.250. The molecule has 8 nitrogen and oxygen atoms in total. The molecule has 0 spiro atoms. The number of aromatic amines is 2. The van der Waals surface area contributed by atoms with E-state index in [0.29, 0.717) is 28.3 Å². The Morgan fingerprint density at radius 1 is 1.08 bits per heavy atom. The minimum Gasteiger partial charge on any atom is -0.337 e. The molecule has 0 atom stereocenters. The van der Waals surface area contributed by atoms with Crippen molar-refractivity contribution < 1.29 is 9.18 Å². The second kappa shape index (κ2) is 8.90. The molecule has 0 fully saturated rings. The van der Waals surface area contributed by atoms with Gasteiger partial charge in [-0.25, -0.2) is 9.37 Å². The Balaban J connectivity index is 1.45. The Bertz CT molecular complexity index is 1800. The molecule has 0 saturated carbocycles. The van der Waals surface area contributed by atoms with Gasteiger partial charge in [-0.05, 0) is 31.2 Å². The summed E-state index contributed by atoms with van der Waals surface area (Å²) in [6.07, 6.45) is 4.56. The Labute approximate surface area is 215 Å². The van der Waals surface area contributed by atoms with Crippen LogP contribution in [0.3, 0.4) is 0 Å². The number of anilines is 1. The molecule has 184 valence electrons. The maximum Gasteiger partial charge on any atom is 0.226 e. The van der Waals surface area contributed by atoms with Crippen LogP contribution in [0.4, 0.5) is 10.1 Å². The number of aryl methyl sites for hydroxylation is 1. The van der Waals surface area contributed by atoms with Crippen LogP contribution in [-0.4, -0.2) is 36.0 Å². The van der Waals surface area contributed by atoms with Crippen molar-refractivity contribution in [1.29, 1.82) is 0 Å². The Morgan fingerprint density at radius 2 is 1.95 bits per heavy atom. The molecule has 0 aliphatic rings. The third-order valence-corrected chi connectivity index (χ3v) is 7.12. The fraction of sp³-hybridized carbons (Fsp3) is 0.148. The van der Waals surface area contributed by atoms with E-state index in [-0.39, 0.29) is 22.9 Å². The zero-order valence-electron chi connectivity index (χ0n) is 20.3. The highest BCUT2D eigenvalue weighted by molar-refractivity contribution is 7.15. The van der Waals surface area contributed by atoms with Gasteiger partial charge in [0.05, 0.1) is 40.0 Å². The number of fused-ring (bicyclic) bond motifs is 2. The van der Waals surface area contributed by atoms with Crippen LogP contribution in [0.25, 0.3) is 55.2 Å². The van der Waals surface area contributed by atoms with Gasteiger partial charge in [0, 0.05) is 33.0 Å². The molecule has 0 bridgehead atoms. The molecule has 0 unspecified atom stereocenters. The summed E-state index contributed by atoms with van der Waals surface area (Å²) in [5, 5.41) is 10.3. The smallest absolute Gasteiger partial charge is 0.226 e. The number of aromatic nitrogens is 6. The molecular formula is C27H22FN7OS. The number of nitrogens with one attached hydrogen (secondary N) is 3. The predicted molar refractivity (Wildman–Crippen MR) is 144 cm³/mol. The number of carbonyl (C=O) groups excluding carboxylic acids is 1. The van der Waals surface area contributed by atoms with Gasteiger partial charge in [-0.2, -0.15) is 5.10 Å². The number of para-hydroxylation sites is 1. The normalized spacial score (nSPS) is 11.6. The van der Waals surface area contributed by atoms with Gasteiger partial charge in [0.25, 0.3) is 0 Å². The van der Waals surface area contributed by atoms with Crippen molar-refractivity contribution in [3.63, 3.8) is 0 Å². The third kappa shape index (κ3) is 4.05. The molecule has 0 aliphatic carbocycles. The van der Waals surface area contributed by atoms with Crippen molar-refractivity contribution in [3.05, 3.63) is 65.7 Å². The Morgan fingerprint density at radius 3 is 2.73 bits per heavy atom. The minimum absolute atomic E-state index is 0.106. The summed E-state index contributed by atoms with van der Waals surface area (Å²) in [5.74, 6) is -0.447. The van der Waals surface area contributed by atoms with Gasteiger partial charge in [-0.15, -0.1) is 11.3 Å². The van der Waals surface area contributed by atoms with E-state index in [2.05, 4.69) is 49.5 Å². The summed E-state index contributed by atoms with van der Waals surface area (Å²) in [5.41, 5.74) is 4.46. The standard InChI is InChI=1S/C27H22FN7OS/c1-13(2)27(36)31-16-9-15(10-29-11-16)23-22(28)21-19(12-30-23)34-35-25(21)26-32-18-6-4-5-17(24(18)33-26)20-8-7-14(3)37-20/h4-13H,1-3H3,(H,31,36)(H,32,33)(H,34,35). The number of nitrogens with zero attached hydrogens (tertiary/aromatic N) is 4. The van der Waals surface area contributed by atoms with E-state index in [1.165, 1.54) is 23.5 Å². The van der Waals surface area contributed by atoms with Crippen molar-refractivity contribution >= 4 is 44.9 Å². The summed E-state index contributed by atoms with van der Waals surface area (Å²) in [6, 6.07) is 11.8. The SMILES string of the molecule is Cc1ccc(-c2cccc3[nH]c(-c4n[nH]c5cnc(-c6cncc(NC(=O)C(C)C)c6)c(F)c45)nc23)s1. The third-order valence-electron chi connectivity index (χ3n) is 6.09. The maximum atomic E-state index is 16.0. The van der Waals surface area contributed by atoms with E-state index in [0.717, 1.165) is 21.5 Å². The maximum absolute atomic E-state index is 16.0. The number of hydrogen-bond acceptors (Lipinski definition) is 6. The number of benzene rings is 1. The van der Waals surface area contributed by atoms with Gasteiger partial charge < -0.3 is 10.3 Å². The molecule has 5 heterocycles. The summed E-state index contributed by atoms with van der Waals surface area (Å²) in [7, 11) is 0. The molecule has 6 rings (SSSR count). The van der Waals surface area contributed by atoms with Crippen LogP contribution in [0.1, 0.15) is 18.7 Å². The van der Waals surface area contributed by atoms with Gasteiger partial charge in [0.1, 0.15) is 11.4 Å². The number of amides is 1. The van der Waals surface area contributed by atoms with E-state index >= 15 is 4.39 Å². The lowest BCUT2D eigenvalue weighted by molar-refractivity contribution is -0.118. The molecule has 37 heavy (non-hydrogen) atoms. The average molecular weight is 512 g/mol. The number of thiophene rings is 1. The lowest BCUT2D eigenvalue weighted by Crippen LogP contribution is -2.17. The van der Waals surface area contributed by atoms with E-state index in [4.69, 9.17) is 4.98 Å². The van der Waals surface area contributed by atoms with Gasteiger partial charge in [0.2, 0.25) is 5.91 Å². The van der Waals surface area contributed by atoms with Crippen LogP contribution >= 0.6 is 11.3 Å². The Hall–Kier alpha value is -4.44. The van der Waals surface area contributed by atoms with Gasteiger partial charge in [0.15, 0.2) is 11.6 Å². The van der Waals surface area contributed by atoms with Crippen LogP contribution in [0.5, 0.6) is 0 Å². The van der Waals surface area contributed by atoms with Crippen molar-refractivity contribution in [3.8, 4) is 33.2 Å². The van der Waals surface area contributed by atoms with Crippen LogP contribution in [0.15, 0.2) is 55.0 Å². The Kier molecular flexibility index (Phi) is 5.53. The average Bonchev–Trinajstić information content (AvgIpc) is 3.62. The first kappa shape index (κ1) is 23.0. The van der Waals surface area contributed by atoms with Gasteiger partial charge >= 0.3 is 0 Å². The summed E-state index contributed by atoms with van der Waals surface area (Å²) in [4.78, 5) is 31.0. The topological polar surface area (TPSA) is 112 Å². The fourth-order valence-electron chi connectivity index (χ4n) is 4.19. The molecule has 5 aromatic heterocycles. The lowest BCUT2D eigenvalue weighted by atomic mass is 10.1. The molecule has 0 radical (unpaired) electrons. The molecule has 1 amide bonds. The summed E-state index contributed by atoms with van der Waals surface area (Å²) in [6.45, 7) is 5.66. The first-order chi connectivity index (χ1) is 17.9. The number of H-pyrrole nitrogens is 2. The number of pyridine rings is 2. The molecule has 6 aromatic rings. The molecule has 0 aliphatic heterocycles. The van der Waals surface area contributed by atoms with E-state index in [1.807, 2.05) is 18.2 Å². The number of halogens is 1. The van der Waals surface area contributed by atoms with Crippen molar-refractivity contribution in [2.45, 2.75) is 20.8 Å². The number of carbonyl (C=O) groups is 1. The summed E-state index contributed by atoms with van der Waals surface area (Å²) >= 11 is 1.70. The van der Waals surface area contributed by atoms with Gasteiger partial charge in [-0.3, -0.25) is 19.9 Å². The number of imidazole rings is 1. The number of rotatable bonds is 5. The fourth-order valence-corrected chi connectivity index (χ4v) is 5.09. The second-order valence-corrected chi connectivity index (χ2v) is 10.4. The van der Waals surface area contributed by atoms with Crippen molar-refractivity contribution in [2.24, 2.45) is 5.92 Å². The first-order valence-corrected chi connectivity index (χ1v) is 12.6. The minimum atomic E-state index is -0.551. The van der Waals surface area contributed by atoms with Gasteiger partial charge in [-0.1, -0.05) is 26.0 Å². The molecule has 3 N–H and O–H groups in total. The highest BCUT2D eigenvalue weighted by Crippen LogP contribution is 2.36. The predicted octanol–water partition coefficient (Wildman–Crippen LogP) is 6.33. The van der Waals surface area contributed by atoms with Crippen molar-refractivity contribution in [2.75, 3.05) is 5.32 Å². The van der Waals surface area contributed by atoms with E-state index in [1.54, 1.807) is 31.3 Å². The van der Waals surface area contributed by atoms with Crippen LogP contribution in [-0.2, 0) is 4.79 Å².